The van der Waals surface area contributed by atoms with E-state index >= 15 is 0 Å². The van der Waals surface area contributed by atoms with Crippen LogP contribution in [0.15, 0.2) is 62.5 Å². The Morgan fingerprint density at radius 3 is 2.69 bits per heavy atom. The number of carbonyl (C=O) groups is 1. The zero-order chi connectivity index (χ0) is 20.4. The van der Waals surface area contributed by atoms with Crippen molar-refractivity contribution in [1.29, 1.82) is 0 Å². The molecular formula is C20H16N4O5. The van der Waals surface area contributed by atoms with Gasteiger partial charge in [0.2, 0.25) is 5.89 Å². The summed E-state index contributed by atoms with van der Waals surface area (Å²) >= 11 is 0. The second-order valence-corrected chi connectivity index (χ2v) is 6.41. The van der Waals surface area contributed by atoms with Gasteiger partial charge in [-0.25, -0.2) is 4.68 Å². The molecule has 0 saturated heterocycles. The highest BCUT2D eigenvalue weighted by molar-refractivity contribution is 5.80. The lowest BCUT2D eigenvalue weighted by molar-refractivity contribution is -0.146. The number of hydrogen-bond acceptors (Lipinski definition) is 7. The predicted octanol–water partition coefficient (Wildman–Crippen LogP) is 1.79. The average Bonchev–Trinajstić information content (AvgIpc) is 3.19. The summed E-state index contributed by atoms with van der Waals surface area (Å²) < 4.78 is 11.5. The fraction of sp³-hybridized carbons (Fsp3) is 0.150. The number of aromatic amines is 1. The molecule has 9 heteroatoms. The number of aryl methyl sites for hydroxylation is 1. The summed E-state index contributed by atoms with van der Waals surface area (Å²) in [6, 6.07) is 13.9. The Morgan fingerprint density at radius 1 is 1.10 bits per heavy atom. The van der Waals surface area contributed by atoms with E-state index in [-0.39, 0.29) is 23.3 Å². The number of aromatic nitrogens is 4. The van der Waals surface area contributed by atoms with E-state index in [2.05, 4.69) is 15.3 Å². The first kappa shape index (κ1) is 18.4. The van der Waals surface area contributed by atoms with Crippen LogP contribution in [0.2, 0.25) is 0 Å². The number of esters is 1. The van der Waals surface area contributed by atoms with E-state index < -0.39 is 23.6 Å². The molecule has 0 bridgehead atoms. The molecular weight excluding hydrogens is 376 g/mol. The smallest absolute Gasteiger partial charge is 0.328 e. The van der Waals surface area contributed by atoms with Gasteiger partial charge in [-0.15, -0.1) is 10.2 Å². The highest BCUT2D eigenvalue weighted by Crippen LogP contribution is 2.19. The van der Waals surface area contributed by atoms with Gasteiger partial charge in [0.1, 0.15) is 6.54 Å². The Bertz CT molecular complexity index is 1320. The quantitative estimate of drug-likeness (QED) is 0.514. The molecule has 0 aliphatic heterocycles. The fourth-order valence-corrected chi connectivity index (χ4v) is 2.88. The minimum atomic E-state index is -0.728. The third-order valence-electron chi connectivity index (χ3n) is 4.26. The first-order valence-corrected chi connectivity index (χ1v) is 8.78. The molecule has 1 N–H and O–H groups in total. The van der Waals surface area contributed by atoms with Gasteiger partial charge in [0.05, 0.1) is 10.8 Å². The average molecular weight is 392 g/mol. The molecule has 0 spiro atoms. The van der Waals surface area contributed by atoms with Gasteiger partial charge in [-0.2, -0.15) is 0 Å². The van der Waals surface area contributed by atoms with Crippen molar-refractivity contribution in [3.8, 4) is 11.5 Å². The monoisotopic (exact) mass is 392 g/mol. The minimum absolute atomic E-state index is 0.120. The van der Waals surface area contributed by atoms with Crippen LogP contribution < -0.4 is 11.1 Å². The van der Waals surface area contributed by atoms with Gasteiger partial charge in [0, 0.05) is 5.56 Å². The number of benzene rings is 2. The molecule has 9 nitrogen and oxygen atoms in total. The van der Waals surface area contributed by atoms with E-state index in [0.717, 1.165) is 15.8 Å². The summed E-state index contributed by atoms with van der Waals surface area (Å²) in [5.41, 5.74) is 0.850. The maximum Gasteiger partial charge on any atom is 0.328 e. The molecule has 0 atom stereocenters. The van der Waals surface area contributed by atoms with Crippen LogP contribution in [0.4, 0.5) is 0 Å². The Kier molecular flexibility index (Phi) is 4.78. The zero-order valence-corrected chi connectivity index (χ0v) is 15.4. The molecule has 0 radical (unpaired) electrons. The summed E-state index contributed by atoms with van der Waals surface area (Å²) in [5.74, 6) is -0.294. The molecule has 0 fully saturated rings. The number of carbonyl (C=O) groups excluding carboxylic acids is 1. The van der Waals surface area contributed by atoms with E-state index in [1.54, 1.807) is 18.2 Å². The van der Waals surface area contributed by atoms with E-state index in [9.17, 15) is 14.4 Å². The standard InChI is InChI=1S/C20H16N4O5/c1-12-5-4-6-13(9-12)19-22-21-16(29-19)11-28-17(25)10-24-20(27)15-8-3-2-7-14(15)18(26)23-24/h2-9H,10-11H2,1H3,(H,23,26). The molecule has 2 heterocycles. The van der Waals surface area contributed by atoms with Crippen molar-refractivity contribution in [2.75, 3.05) is 0 Å². The Hall–Kier alpha value is -4.01. The van der Waals surface area contributed by atoms with Crippen LogP contribution in [0.1, 0.15) is 11.5 Å². The number of ether oxygens (including phenoxy) is 1. The summed E-state index contributed by atoms with van der Waals surface area (Å²) in [5, 5.41) is 10.7. The Labute approximate surface area is 163 Å². The summed E-state index contributed by atoms with van der Waals surface area (Å²) in [4.78, 5) is 36.6. The number of rotatable bonds is 5. The lowest BCUT2D eigenvalue weighted by Crippen LogP contribution is -2.32. The molecule has 0 unspecified atom stereocenters. The lowest BCUT2D eigenvalue weighted by Gasteiger charge is -2.06. The summed E-state index contributed by atoms with van der Waals surface area (Å²) in [7, 11) is 0. The van der Waals surface area contributed by atoms with Crippen molar-refractivity contribution in [3.05, 3.63) is 80.7 Å². The van der Waals surface area contributed by atoms with Crippen LogP contribution in [0.3, 0.4) is 0 Å². The number of hydrogen-bond donors (Lipinski definition) is 1. The van der Waals surface area contributed by atoms with Crippen molar-refractivity contribution in [2.45, 2.75) is 20.1 Å². The van der Waals surface area contributed by atoms with Crippen molar-refractivity contribution < 1.29 is 13.9 Å². The van der Waals surface area contributed by atoms with E-state index in [1.807, 2.05) is 31.2 Å². The number of nitrogens with one attached hydrogen (secondary N) is 1. The topological polar surface area (TPSA) is 120 Å². The molecule has 2 aromatic carbocycles. The zero-order valence-electron chi connectivity index (χ0n) is 15.4. The van der Waals surface area contributed by atoms with Gasteiger partial charge in [-0.05, 0) is 31.2 Å². The normalized spacial score (nSPS) is 10.9. The van der Waals surface area contributed by atoms with Gasteiger partial charge in [0.15, 0.2) is 6.61 Å². The van der Waals surface area contributed by atoms with Crippen LogP contribution in [0, 0.1) is 6.92 Å². The molecule has 0 amide bonds. The maximum absolute atomic E-state index is 12.4. The molecule has 0 aliphatic rings. The van der Waals surface area contributed by atoms with E-state index in [0.29, 0.717) is 5.89 Å². The van der Waals surface area contributed by atoms with Crippen molar-refractivity contribution >= 4 is 16.7 Å². The van der Waals surface area contributed by atoms with Crippen LogP contribution in [-0.2, 0) is 22.7 Å². The first-order chi connectivity index (χ1) is 14.0. The number of H-pyrrole nitrogens is 1. The second kappa shape index (κ2) is 7.55. The fourth-order valence-electron chi connectivity index (χ4n) is 2.88. The van der Waals surface area contributed by atoms with Crippen LogP contribution >= 0.6 is 0 Å². The number of fused-ring (bicyclic) bond motifs is 1. The second-order valence-electron chi connectivity index (χ2n) is 6.41. The molecule has 29 heavy (non-hydrogen) atoms. The SMILES string of the molecule is Cc1cccc(-c2nnc(COC(=O)Cn3[nH]c(=O)c4ccccc4c3=O)o2)c1. The highest BCUT2D eigenvalue weighted by Gasteiger charge is 2.14. The van der Waals surface area contributed by atoms with Gasteiger partial charge < -0.3 is 9.15 Å². The maximum atomic E-state index is 12.4. The molecule has 0 aliphatic carbocycles. The van der Waals surface area contributed by atoms with Gasteiger partial charge in [0.25, 0.3) is 17.0 Å². The third kappa shape index (κ3) is 3.84. The van der Waals surface area contributed by atoms with Crippen molar-refractivity contribution in [3.63, 3.8) is 0 Å². The van der Waals surface area contributed by atoms with Gasteiger partial charge in [-0.1, -0.05) is 29.8 Å². The molecule has 0 saturated carbocycles. The third-order valence-corrected chi connectivity index (χ3v) is 4.26. The lowest BCUT2D eigenvalue weighted by atomic mass is 10.1. The molecule has 2 aromatic heterocycles. The Morgan fingerprint density at radius 2 is 1.90 bits per heavy atom. The van der Waals surface area contributed by atoms with Crippen molar-refractivity contribution in [1.82, 2.24) is 20.0 Å². The first-order valence-electron chi connectivity index (χ1n) is 8.78. The molecule has 4 rings (SSSR count). The van der Waals surface area contributed by atoms with E-state index in [1.165, 1.54) is 6.07 Å². The molecule has 146 valence electrons. The van der Waals surface area contributed by atoms with Crippen molar-refractivity contribution in [2.24, 2.45) is 0 Å². The van der Waals surface area contributed by atoms with Crippen LogP contribution in [-0.4, -0.2) is 25.9 Å². The van der Waals surface area contributed by atoms with E-state index in [4.69, 9.17) is 9.15 Å². The van der Waals surface area contributed by atoms with Gasteiger partial charge in [-0.3, -0.25) is 19.5 Å². The molecule has 4 aromatic rings. The van der Waals surface area contributed by atoms with Gasteiger partial charge >= 0.3 is 5.97 Å². The largest absolute Gasteiger partial charge is 0.454 e. The minimum Gasteiger partial charge on any atom is -0.454 e. The Balaban J connectivity index is 1.45. The van der Waals surface area contributed by atoms with Crippen LogP contribution in [0.25, 0.3) is 22.2 Å². The van der Waals surface area contributed by atoms with Crippen LogP contribution in [0.5, 0.6) is 0 Å². The highest BCUT2D eigenvalue weighted by atomic mass is 16.5. The predicted molar refractivity (Wildman–Crippen MR) is 103 cm³/mol. The summed E-state index contributed by atoms with van der Waals surface area (Å²) in [6.07, 6.45) is 0. The summed E-state index contributed by atoms with van der Waals surface area (Å²) in [6.45, 7) is 1.25. The number of nitrogens with zero attached hydrogens (tertiary/aromatic N) is 3.